The highest BCUT2D eigenvalue weighted by molar-refractivity contribution is 7.87. The van der Waals surface area contributed by atoms with Crippen LogP contribution in [-0.4, -0.2) is 18.8 Å². The second-order valence-electron chi connectivity index (χ2n) is 8.09. The average molecular weight is 445 g/mol. The molecule has 0 bridgehead atoms. The molecule has 5 aromatic rings. The zero-order valence-electron chi connectivity index (χ0n) is 17.5. The maximum atomic E-state index is 13.2. The normalized spacial score (nSPS) is 12.3. The van der Waals surface area contributed by atoms with E-state index in [0.29, 0.717) is 21.9 Å². The molecule has 0 atom stereocenters. The molecule has 0 amide bonds. The van der Waals surface area contributed by atoms with E-state index in [1.54, 1.807) is 36.4 Å². The van der Waals surface area contributed by atoms with E-state index in [9.17, 15) is 8.42 Å². The van der Waals surface area contributed by atoms with Crippen molar-refractivity contribution in [2.45, 2.75) is 24.2 Å². The first-order chi connectivity index (χ1) is 15.4. The first-order valence-electron chi connectivity index (χ1n) is 10.1. The van der Waals surface area contributed by atoms with E-state index in [4.69, 9.17) is 8.71 Å². The zero-order chi connectivity index (χ0) is 22.3. The molecule has 1 aromatic heterocycles. The molecule has 0 aliphatic heterocycles. The summed E-state index contributed by atoms with van der Waals surface area (Å²) in [5.74, 6) is 0.236. The molecule has 1 heterocycles. The van der Waals surface area contributed by atoms with Gasteiger partial charge in [0.15, 0.2) is 5.58 Å². The Bertz CT molecular complexity index is 1520. The van der Waals surface area contributed by atoms with E-state index >= 15 is 0 Å². The van der Waals surface area contributed by atoms with Crippen LogP contribution in [0, 0.1) is 0 Å². The van der Waals surface area contributed by atoms with Gasteiger partial charge in [-0.25, -0.2) is 0 Å². The molecule has 0 fully saturated rings. The highest BCUT2D eigenvalue weighted by atomic mass is 32.2. The van der Waals surface area contributed by atoms with Gasteiger partial charge in [0.2, 0.25) is 0 Å². The van der Waals surface area contributed by atoms with Gasteiger partial charge in [0.1, 0.15) is 16.2 Å². The Morgan fingerprint density at radius 3 is 2.16 bits per heavy atom. The van der Waals surface area contributed by atoms with Crippen molar-refractivity contribution < 1.29 is 17.1 Å². The van der Waals surface area contributed by atoms with Crippen LogP contribution >= 0.6 is 0 Å². The number of benzene rings is 4. The smallest absolute Gasteiger partial charge is 0.339 e. The van der Waals surface area contributed by atoms with Gasteiger partial charge in [-0.1, -0.05) is 80.6 Å². The number of hydrogen-bond donors (Lipinski definition) is 0. The van der Waals surface area contributed by atoms with Gasteiger partial charge in [0.05, 0.1) is 0 Å². The van der Waals surface area contributed by atoms with E-state index in [2.05, 4.69) is 36.4 Å². The number of aromatic nitrogens is 2. The van der Waals surface area contributed by atoms with Crippen LogP contribution in [0.5, 0.6) is 5.75 Å². The average Bonchev–Trinajstić information content (AvgIpc) is 3.28. The zero-order valence-corrected chi connectivity index (χ0v) is 18.3. The number of rotatable bonds is 5. The summed E-state index contributed by atoms with van der Waals surface area (Å²) in [7, 11) is -4.12. The van der Waals surface area contributed by atoms with Gasteiger partial charge in [-0.15, -0.1) is 5.10 Å². The molecule has 0 unspecified atom stereocenters. The van der Waals surface area contributed by atoms with Gasteiger partial charge in [-0.2, -0.15) is 8.42 Å². The minimum atomic E-state index is -4.12. The van der Waals surface area contributed by atoms with Gasteiger partial charge >= 0.3 is 10.1 Å². The third kappa shape index (κ3) is 3.40. The Labute approximate surface area is 185 Å². The summed E-state index contributed by atoms with van der Waals surface area (Å²) in [5.41, 5.74) is 2.77. The lowest BCUT2D eigenvalue weighted by atomic mass is 9.78. The lowest BCUT2D eigenvalue weighted by Gasteiger charge is -2.26. The van der Waals surface area contributed by atoms with Crippen LogP contribution in [0.2, 0.25) is 0 Å². The quantitative estimate of drug-likeness (QED) is 0.334. The number of fused-ring (bicyclic) bond motifs is 3. The second-order valence-corrected chi connectivity index (χ2v) is 9.61. The minimum absolute atomic E-state index is 0.0185. The molecule has 5 rings (SSSR count). The van der Waals surface area contributed by atoms with Crippen LogP contribution < -0.4 is 4.18 Å². The van der Waals surface area contributed by atoms with Crippen LogP contribution in [0.4, 0.5) is 0 Å². The summed E-state index contributed by atoms with van der Waals surface area (Å²) >= 11 is 0. The summed E-state index contributed by atoms with van der Waals surface area (Å²) in [6.45, 7) is 4.25. The third-order valence-electron chi connectivity index (χ3n) is 5.77. The highest BCUT2D eigenvalue weighted by Gasteiger charge is 2.25. The molecule has 0 saturated heterocycles. The van der Waals surface area contributed by atoms with E-state index in [-0.39, 0.29) is 16.1 Å². The van der Waals surface area contributed by atoms with Crippen molar-refractivity contribution in [2.75, 3.05) is 0 Å². The Hall–Kier alpha value is -3.71. The summed E-state index contributed by atoms with van der Waals surface area (Å²) in [6.07, 6.45) is 0. The van der Waals surface area contributed by atoms with Crippen molar-refractivity contribution >= 4 is 32.0 Å². The molecular formula is C25H20N2O4S. The Balaban J connectivity index is 1.50. The summed E-state index contributed by atoms with van der Waals surface area (Å²) < 4.78 is 37.1. The van der Waals surface area contributed by atoms with E-state index < -0.39 is 10.1 Å². The fourth-order valence-corrected chi connectivity index (χ4v) is 5.06. The van der Waals surface area contributed by atoms with E-state index in [1.807, 2.05) is 30.3 Å². The van der Waals surface area contributed by atoms with Crippen molar-refractivity contribution in [3.05, 3.63) is 96.1 Å². The van der Waals surface area contributed by atoms with E-state index in [1.165, 1.54) is 11.6 Å². The van der Waals surface area contributed by atoms with Crippen molar-refractivity contribution in [3.8, 4) is 5.75 Å². The highest BCUT2D eigenvalue weighted by Crippen LogP contribution is 2.34. The minimum Gasteiger partial charge on any atom is -0.379 e. The summed E-state index contributed by atoms with van der Waals surface area (Å²) in [6, 6.07) is 25.7. The Kier molecular flexibility index (Phi) is 4.71. The largest absolute Gasteiger partial charge is 0.379 e. The summed E-state index contributed by atoms with van der Waals surface area (Å²) in [5, 5.41) is 8.53. The first kappa shape index (κ1) is 20.2. The SMILES string of the molecule is CC(C)(c1ccccc1)c1ccc(OS(=O)(=O)c2cc3nnoc3c3ccccc23)cc1. The van der Waals surface area contributed by atoms with Crippen LogP contribution in [0.15, 0.2) is 94.3 Å². The van der Waals surface area contributed by atoms with Gasteiger partial charge in [-0.3, -0.25) is 0 Å². The molecule has 0 aliphatic carbocycles. The monoisotopic (exact) mass is 444 g/mol. The van der Waals surface area contributed by atoms with Crippen LogP contribution in [0.3, 0.4) is 0 Å². The van der Waals surface area contributed by atoms with Crippen molar-refractivity contribution in [3.63, 3.8) is 0 Å². The van der Waals surface area contributed by atoms with Gasteiger partial charge in [-0.05, 0) is 29.3 Å². The lowest BCUT2D eigenvalue weighted by Crippen LogP contribution is -2.18. The molecule has 7 heteroatoms. The van der Waals surface area contributed by atoms with Gasteiger partial charge in [0.25, 0.3) is 0 Å². The fourth-order valence-electron chi connectivity index (χ4n) is 3.90. The maximum absolute atomic E-state index is 13.2. The molecule has 160 valence electrons. The van der Waals surface area contributed by atoms with Crippen LogP contribution in [0.1, 0.15) is 25.0 Å². The second kappa shape index (κ2) is 7.46. The molecule has 0 radical (unpaired) electrons. The number of hydrogen-bond acceptors (Lipinski definition) is 6. The third-order valence-corrected chi connectivity index (χ3v) is 7.05. The van der Waals surface area contributed by atoms with Gasteiger partial charge in [0, 0.05) is 21.5 Å². The van der Waals surface area contributed by atoms with Crippen molar-refractivity contribution in [1.29, 1.82) is 0 Å². The first-order valence-corrected chi connectivity index (χ1v) is 11.5. The topological polar surface area (TPSA) is 82.3 Å². The Morgan fingerprint density at radius 1 is 0.812 bits per heavy atom. The number of nitrogens with zero attached hydrogens (tertiary/aromatic N) is 2. The molecule has 4 aromatic carbocycles. The van der Waals surface area contributed by atoms with Gasteiger partial charge < -0.3 is 8.71 Å². The lowest BCUT2D eigenvalue weighted by molar-refractivity contribution is 0.426. The molecule has 0 saturated carbocycles. The molecular weight excluding hydrogens is 424 g/mol. The molecule has 32 heavy (non-hydrogen) atoms. The maximum Gasteiger partial charge on any atom is 0.339 e. The molecule has 0 aliphatic rings. The molecule has 6 nitrogen and oxygen atoms in total. The molecule has 0 spiro atoms. The molecule has 0 N–H and O–H groups in total. The summed E-state index contributed by atoms with van der Waals surface area (Å²) in [4.78, 5) is 0.0185. The standard InChI is InChI=1S/C25H20N2O4S/c1-25(2,17-8-4-3-5-9-17)18-12-14-19(15-13-18)31-32(28,29)23-16-22-24(30-27-26-22)21-11-7-6-10-20(21)23/h3-16H,1-2H3. The van der Waals surface area contributed by atoms with Crippen LogP contribution in [0.25, 0.3) is 21.9 Å². The van der Waals surface area contributed by atoms with Crippen LogP contribution in [-0.2, 0) is 15.5 Å². The van der Waals surface area contributed by atoms with E-state index in [0.717, 1.165) is 5.56 Å². The fraction of sp³-hybridized carbons (Fsp3) is 0.120. The van der Waals surface area contributed by atoms with Crippen molar-refractivity contribution in [2.24, 2.45) is 0 Å². The Morgan fingerprint density at radius 2 is 1.44 bits per heavy atom. The predicted molar refractivity (Wildman–Crippen MR) is 122 cm³/mol. The predicted octanol–water partition coefficient (Wildman–Crippen LogP) is 5.47. The van der Waals surface area contributed by atoms with Crippen molar-refractivity contribution in [1.82, 2.24) is 10.4 Å².